The number of hydrogen-bond donors (Lipinski definition) is 1. The van der Waals surface area contributed by atoms with Gasteiger partial charge < -0.3 is 5.73 Å². The van der Waals surface area contributed by atoms with Crippen LogP contribution in [0.3, 0.4) is 0 Å². The van der Waals surface area contributed by atoms with E-state index < -0.39 is 0 Å². The predicted molar refractivity (Wildman–Crippen MR) is 76.5 cm³/mol. The van der Waals surface area contributed by atoms with Crippen molar-refractivity contribution in [3.63, 3.8) is 0 Å². The van der Waals surface area contributed by atoms with Crippen molar-refractivity contribution in [3.05, 3.63) is 35.4 Å². The van der Waals surface area contributed by atoms with Gasteiger partial charge in [0.15, 0.2) is 0 Å². The van der Waals surface area contributed by atoms with Crippen LogP contribution in [0.5, 0.6) is 0 Å². The van der Waals surface area contributed by atoms with Crippen LogP contribution in [0.25, 0.3) is 0 Å². The molecule has 2 N–H and O–H groups in total. The summed E-state index contributed by atoms with van der Waals surface area (Å²) in [5.74, 6) is 2.45. The van der Waals surface area contributed by atoms with Crippen molar-refractivity contribution >= 4 is 11.8 Å². The van der Waals surface area contributed by atoms with E-state index in [-0.39, 0.29) is 0 Å². The summed E-state index contributed by atoms with van der Waals surface area (Å²) in [7, 11) is 0. The second-order valence-electron chi connectivity index (χ2n) is 4.83. The van der Waals surface area contributed by atoms with E-state index in [1.54, 1.807) is 0 Å². The van der Waals surface area contributed by atoms with Crippen molar-refractivity contribution in [2.24, 2.45) is 5.73 Å². The van der Waals surface area contributed by atoms with Crippen LogP contribution in [0.1, 0.15) is 24.1 Å². The van der Waals surface area contributed by atoms with Crippen molar-refractivity contribution in [3.8, 4) is 0 Å². The number of rotatable bonds is 3. The van der Waals surface area contributed by atoms with Crippen molar-refractivity contribution in [1.29, 1.82) is 0 Å². The second kappa shape index (κ2) is 5.89. The average molecular weight is 250 g/mol. The quantitative estimate of drug-likeness (QED) is 0.893. The first-order valence-electron chi connectivity index (χ1n) is 6.32. The summed E-state index contributed by atoms with van der Waals surface area (Å²) in [4.78, 5) is 2.56. The highest BCUT2D eigenvalue weighted by Crippen LogP contribution is 2.27. The molecule has 0 aliphatic carbocycles. The van der Waals surface area contributed by atoms with E-state index in [2.05, 4.69) is 54.8 Å². The Bertz CT molecular complexity index is 367. The third-order valence-corrected chi connectivity index (χ3v) is 4.66. The van der Waals surface area contributed by atoms with Crippen LogP contribution in [0.15, 0.2) is 24.3 Å². The minimum atomic E-state index is 0.380. The van der Waals surface area contributed by atoms with Crippen LogP contribution in [-0.2, 0) is 0 Å². The van der Waals surface area contributed by atoms with Crippen LogP contribution in [0, 0.1) is 6.92 Å². The molecule has 1 aliphatic rings. The Balaban J connectivity index is 2.20. The Morgan fingerprint density at radius 1 is 1.53 bits per heavy atom. The zero-order chi connectivity index (χ0) is 12.3. The van der Waals surface area contributed by atoms with Crippen LogP contribution in [-0.4, -0.2) is 35.5 Å². The molecular weight excluding hydrogens is 228 g/mol. The standard InChI is InChI=1S/C14H22N2S/c1-11-4-3-5-13(8-11)14(9-15)16-6-7-17-10-12(16)2/h3-5,8,12,14H,6-7,9-10,15H2,1-2H3. The second-order valence-corrected chi connectivity index (χ2v) is 5.98. The predicted octanol–water partition coefficient (Wildman–Crippen LogP) is 2.43. The molecule has 0 saturated carbocycles. The first kappa shape index (κ1) is 12.9. The lowest BCUT2D eigenvalue weighted by atomic mass is 10.0. The van der Waals surface area contributed by atoms with Gasteiger partial charge in [-0.3, -0.25) is 4.90 Å². The third kappa shape index (κ3) is 3.03. The average Bonchev–Trinajstić information content (AvgIpc) is 2.33. The zero-order valence-corrected chi connectivity index (χ0v) is 11.5. The molecule has 1 aromatic rings. The number of nitrogens with two attached hydrogens (primary N) is 1. The summed E-state index contributed by atoms with van der Waals surface area (Å²) in [6.45, 7) is 6.32. The Hall–Kier alpha value is -0.510. The van der Waals surface area contributed by atoms with Crippen LogP contribution < -0.4 is 5.73 Å². The summed E-state index contributed by atoms with van der Waals surface area (Å²) < 4.78 is 0. The molecular formula is C14H22N2S. The first-order valence-corrected chi connectivity index (χ1v) is 7.48. The van der Waals surface area contributed by atoms with Gasteiger partial charge in [-0.15, -0.1) is 0 Å². The number of benzene rings is 1. The molecule has 2 nitrogen and oxygen atoms in total. The van der Waals surface area contributed by atoms with Gasteiger partial charge >= 0.3 is 0 Å². The minimum absolute atomic E-state index is 0.380. The molecule has 3 heteroatoms. The van der Waals surface area contributed by atoms with Crippen molar-refractivity contribution in [2.45, 2.75) is 25.9 Å². The maximum atomic E-state index is 6.00. The lowest BCUT2D eigenvalue weighted by molar-refractivity contribution is 0.166. The molecule has 1 saturated heterocycles. The van der Waals surface area contributed by atoms with E-state index >= 15 is 0 Å². The van der Waals surface area contributed by atoms with E-state index in [9.17, 15) is 0 Å². The molecule has 2 atom stereocenters. The fraction of sp³-hybridized carbons (Fsp3) is 0.571. The smallest absolute Gasteiger partial charge is 0.0474 e. The van der Waals surface area contributed by atoms with Gasteiger partial charge in [-0.2, -0.15) is 11.8 Å². The highest BCUT2D eigenvalue weighted by Gasteiger charge is 2.26. The van der Waals surface area contributed by atoms with Gasteiger partial charge in [-0.25, -0.2) is 0 Å². The molecule has 17 heavy (non-hydrogen) atoms. The Morgan fingerprint density at radius 2 is 2.35 bits per heavy atom. The maximum Gasteiger partial charge on any atom is 0.0474 e. The van der Waals surface area contributed by atoms with E-state index in [0.29, 0.717) is 18.6 Å². The maximum absolute atomic E-state index is 6.00. The molecule has 1 aliphatic heterocycles. The summed E-state index contributed by atoms with van der Waals surface area (Å²) in [5.41, 5.74) is 8.69. The van der Waals surface area contributed by atoms with Gasteiger partial charge in [-0.1, -0.05) is 29.8 Å². The van der Waals surface area contributed by atoms with Gasteiger partial charge in [0.1, 0.15) is 0 Å². The molecule has 2 rings (SSSR count). The van der Waals surface area contributed by atoms with Crippen LogP contribution in [0.2, 0.25) is 0 Å². The van der Waals surface area contributed by atoms with Crippen molar-refractivity contribution in [1.82, 2.24) is 4.90 Å². The summed E-state index contributed by atoms with van der Waals surface area (Å²) in [6, 6.07) is 9.77. The lowest BCUT2D eigenvalue weighted by Crippen LogP contribution is -2.45. The third-order valence-electron chi connectivity index (χ3n) is 3.47. The molecule has 1 aromatic carbocycles. The molecule has 2 unspecified atom stereocenters. The topological polar surface area (TPSA) is 29.3 Å². The molecule has 0 spiro atoms. The molecule has 1 fully saturated rings. The van der Waals surface area contributed by atoms with Gasteiger partial charge in [0.05, 0.1) is 0 Å². The van der Waals surface area contributed by atoms with E-state index in [1.165, 1.54) is 22.6 Å². The molecule has 0 radical (unpaired) electrons. The summed E-state index contributed by atoms with van der Waals surface area (Å²) in [5, 5.41) is 0. The number of thioether (sulfide) groups is 1. The highest BCUT2D eigenvalue weighted by molar-refractivity contribution is 7.99. The Kier molecular flexibility index (Phi) is 4.48. The normalized spacial score (nSPS) is 23.6. The molecule has 0 amide bonds. The van der Waals surface area contributed by atoms with Gasteiger partial charge in [0.25, 0.3) is 0 Å². The van der Waals surface area contributed by atoms with Gasteiger partial charge in [0, 0.05) is 36.7 Å². The highest BCUT2D eigenvalue weighted by atomic mass is 32.2. The molecule has 0 bridgehead atoms. The Labute approximate surface area is 109 Å². The monoisotopic (exact) mass is 250 g/mol. The number of hydrogen-bond acceptors (Lipinski definition) is 3. The van der Waals surface area contributed by atoms with Crippen molar-refractivity contribution < 1.29 is 0 Å². The largest absolute Gasteiger partial charge is 0.329 e. The van der Waals surface area contributed by atoms with Crippen LogP contribution in [0.4, 0.5) is 0 Å². The van der Waals surface area contributed by atoms with E-state index in [0.717, 1.165) is 6.54 Å². The molecule has 0 aromatic heterocycles. The lowest BCUT2D eigenvalue weighted by Gasteiger charge is -2.39. The number of aryl methyl sites for hydroxylation is 1. The first-order chi connectivity index (χ1) is 8.22. The van der Waals surface area contributed by atoms with Crippen LogP contribution >= 0.6 is 11.8 Å². The Morgan fingerprint density at radius 3 is 3.00 bits per heavy atom. The van der Waals surface area contributed by atoms with Gasteiger partial charge in [-0.05, 0) is 19.4 Å². The fourth-order valence-corrected chi connectivity index (χ4v) is 3.58. The van der Waals surface area contributed by atoms with Crippen molar-refractivity contribution in [2.75, 3.05) is 24.6 Å². The summed E-state index contributed by atoms with van der Waals surface area (Å²) in [6.07, 6.45) is 0. The summed E-state index contributed by atoms with van der Waals surface area (Å²) >= 11 is 2.05. The van der Waals surface area contributed by atoms with E-state index in [4.69, 9.17) is 5.73 Å². The fourth-order valence-electron chi connectivity index (χ4n) is 2.54. The molecule has 94 valence electrons. The SMILES string of the molecule is Cc1cccc(C(CN)N2CCSCC2C)c1. The van der Waals surface area contributed by atoms with E-state index in [1.807, 2.05) is 0 Å². The zero-order valence-electron chi connectivity index (χ0n) is 10.7. The molecule has 1 heterocycles. The number of nitrogens with zero attached hydrogens (tertiary/aromatic N) is 1. The minimum Gasteiger partial charge on any atom is -0.329 e. The van der Waals surface area contributed by atoms with Gasteiger partial charge in [0.2, 0.25) is 0 Å².